The van der Waals surface area contributed by atoms with Gasteiger partial charge in [0.1, 0.15) is 0 Å². The van der Waals surface area contributed by atoms with E-state index >= 15 is 0 Å². The van der Waals surface area contributed by atoms with Crippen molar-refractivity contribution in [3.8, 4) is 0 Å². The zero-order valence-electron chi connectivity index (χ0n) is 10.0. The predicted molar refractivity (Wildman–Crippen MR) is 61.2 cm³/mol. The molecule has 0 spiro atoms. The summed E-state index contributed by atoms with van der Waals surface area (Å²) in [4.78, 5) is 13.5. The van der Waals surface area contributed by atoms with Crippen LogP contribution in [0.2, 0.25) is 0 Å². The molecular weight excluding hydrogens is 209 g/mol. The van der Waals surface area contributed by atoms with Gasteiger partial charge in [-0.1, -0.05) is 13.3 Å². The number of piperidine rings is 1. The molecule has 1 unspecified atom stereocenters. The van der Waals surface area contributed by atoms with Gasteiger partial charge in [-0.25, -0.2) is 0 Å². The third-order valence-corrected chi connectivity index (χ3v) is 3.45. The Kier molecular flexibility index (Phi) is 5.19. The number of hydrogen-bond donors (Lipinski definition) is 1. The Hall–Kier alpha value is -0.640. The Morgan fingerprint density at radius 2 is 2.31 bits per heavy atom. The maximum atomic E-state index is 12.1. The van der Waals surface area contributed by atoms with Gasteiger partial charge in [0.05, 0.1) is 12.1 Å². The van der Waals surface area contributed by atoms with Crippen LogP contribution < -0.4 is 0 Å². The summed E-state index contributed by atoms with van der Waals surface area (Å²) in [7, 11) is 0. The molecule has 1 saturated heterocycles. The number of halogens is 1. The Labute approximate surface area is 96.6 Å². The van der Waals surface area contributed by atoms with E-state index in [2.05, 4.69) is 4.90 Å². The van der Waals surface area contributed by atoms with Gasteiger partial charge in [0.2, 0.25) is 0 Å². The zero-order valence-corrected chi connectivity index (χ0v) is 10.0. The van der Waals surface area contributed by atoms with Gasteiger partial charge in [0.15, 0.2) is 0 Å². The summed E-state index contributed by atoms with van der Waals surface area (Å²) in [6.45, 7) is 3.90. The predicted octanol–water partition coefficient (Wildman–Crippen LogP) is 2.31. The number of nitrogens with zero attached hydrogens (tertiary/aromatic N) is 1. The van der Waals surface area contributed by atoms with Crippen molar-refractivity contribution >= 4 is 5.97 Å². The maximum Gasteiger partial charge on any atom is 0.310 e. The Bertz CT molecular complexity index is 231. The first-order chi connectivity index (χ1) is 7.64. The number of hydrogen-bond acceptors (Lipinski definition) is 2. The molecule has 1 atom stereocenters. The molecule has 94 valence electrons. The van der Waals surface area contributed by atoms with E-state index in [9.17, 15) is 14.3 Å². The van der Waals surface area contributed by atoms with E-state index in [1.54, 1.807) is 0 Å². The summed E-state index contributed by atoms with van der Waals surface area (Å²) >= 11 is 0. The smallest absolute Gasteiger partial charge is 0.310 e. The number of carbonyl (C=O) groups is 1. The van der Waals surface area contributed by atoms with Gasteiger partial charge >= 0.3 is 5.97 Å². The second kappa shape index (κ2) is 6.18. The van der Waals surface area contributed by atoms with Gasteiger partial charge in [-0.2, -0.15) is 0 Å². The van der Waals surface area contributed by atoms with E-state index in [0.717, 1.165) is 32.2 Å². The van der Waals surface area contributed by atoms with Crippen molar-refractivity contribution < 1.29 is 14.3 Å². The quantitative estimate of drug-likeness (QED) is 0.762. The summed E-state index contributed by atoms with van der Waals surface area (Å²) in [5.41, 5.74) is -0.580. The summed E-state index contributed by atoms with van der Waals surface area (Å²) in [5.74, 6) is -0.681. The van der Waals surface area contributed by atoms with Gasteiger partial charge < -0.3 is 10.0 Å². The standard InChI is InChI=1S/C12H22FNO2/c1-2-5-12(11(15)16)6-3-8-14(10-12)9-4-7-13/h2-10H2,1H3,(H,15,16). The van der Waals surface area contributed by atoms with Crippen LogP contribution in [0.3, 0.4) is 0 Å². The molecule has 1 fully saturated rings. The first kappa shape index (κ1) is 13.4. The van der Waals surface area contributed by atoms with Crippen molar-refractivity contribution in [2.45, 2.75) is 39.0 Å². The Morgan fingerprint density at radius 1 is 1.56 bits per heavy atom. The van der Waals surface area contributed by atoms with E-state index in [0.29, 0.717) is 19.5 Å². The lowest BCUT2D eigenvalue weighted by atomic mass is 9.76. The molecule has 1 heterocycles. The van der Waals surface area contributed by atoms with E-state index in [1.807, 2.05) is 6.92 Å². The lowest BCUT2D eigenvalue weighted by molar-refractivity contribution is -0.153. The summed E-state index contributed by atoms with van der Waals surface area (Å²) in [6, 6.07) is 0. The number of likely N-dealkylation sites (tertiary alicyclic amines) is 1. The first-order valence-electron chi connectivity index (χ1n) is 6.16. The molecule has 0 saturated carbocycles. The molecule has 0 amide bonds. The van der Waals surface area contributed by atoms with E-state index < -0.39 is 11.4 Å². The van der Waals surface area contributed by atoms with Crippen LogP contribution in [0, 0.1) is 5.41 Å². The average molecular weight is 231 g/mol. The highest BCUT2D eigenvalue weighted by Gasteiger charge is 2.41. The molecule has 0 aromatic heterocycles. The van der Waals surface area contributed by atoms with Gasteiger partial charge in [0, 0.05) is 13.1 Å². The van der Waals surface area contributed by atoms with Crippen LogP contribution in [0.25, 0.3) is 0 Å². The highest BCUT2D eigenvalue weighted by molar-refractivity contribution is 5.75. The fourth-order valence-electron chi connectivity index (χ4n) is 2.67. The summed E-state index contributed by atoms with van der Waals surface area (Å²) in [6.07, 6.45) is 3.82. The van der Waals surface area contributed by atoms with Crippen LogP contribution >= 0.6 is 0 Å². The van der Waals surface area contributed by atoms with Gasteiger partial charge in [0.25, 0.3) is 0 Å². The fourth-order valence-corrected chi connectivity index (χ4v) is 2.67. The van der Waals surface area contributed by atoms with Gasteiger partial charge in [-0.05, 0) is 32.2 Å². The van der Waals surface area contributed by atoms with Crippen molar-refractivity contribution in [2.24, 2.45) is 5.41 Å². The van der Waals surface area contributed by atoms with Crippen molar-refractivity contribution in [1.29, 1.82) is 0 Å². The zero-order chi connectivity index (χ0) is 12.0. The summed E-state index contributed by atoms with van der Waals surface area (Å²) in [5, 5.41) is 9.36. The number of carboxylic acid groups (broad SMARTS) is 1. The van der Waals surface area contributed by atoms with Crippen LogP contribution in [0.4, 0.5) is 4.39 Å². The van der Waals surface area contributed by atoms with Crippen molar-refractivity contribution in [1.82, 2.24) is 4.90 Å². The third kappa shape index (κ3) is 3.17. The topological polar surface area (TPSA) is 40.5 Å². The van der Waals surface area contributed by atoms with Crippen molar-refractivity contribution in [3.63, 3.8) is 0 Å². The monoisotopic (exact) mass is 231 g/mol. The second-order valence-corrected chi connectivity index (χ2v) is 4.76. The minimum Gasteiger partial charge on any atom is -0.481 e. The molecule has 4 heteroatoms. The molecule has 3 nitrogen and oxygen atoms in total. The van der Waals surface area contributed by atoms with Crippen LogP contribution in [0.5, 0.6) is 0 Å². The van der Waals surface area contributed by atoms with E-state index in [4.69, 9.17) is 0 Å². The van der Waals surface area contributed by atoms with Crippen LogP contribution in [-0.4, -0.2) is 42.3 Å². The number of rotatable bonds is 6. The van der Waals surface area contributed by atoms with E-state index in [-0.39, 0.29) is 6.67 Å². The van der Waals surface area contributed by atoms with Crippen molar-refractivity contribution in [3.05, 3.63) is 0 Å². The SMILES string of the molecule is CCCC1(C(=O)O)CCCN(CCCF)C1. The fraction of sp³-hybridized carbons (Fsp3) is 0.917. The molecule has 1 aliphatic rings. The molecular formula is C12H22FNO2. The molecule has 0 aromatic carbocycles. The van der Waals surface area contributed by atoms with Gasteiger partial charge in [-0.3, -0.25) is 9.18 Å². The van der Waals surface area contributed by atoms with Crippen LogP contribution in [0.1, 0.15) is 39.0 Å². The molecule has 0 radical (unpaired) electrons. The normalized spacial score (nSPS) is 26.9. The number of aliphatic carboxylic acids is 1. The molecule has 1 N–H and O–H groups in total. The average Bonchev–Trinajstić information content (AvgIpc) is 2.27. The molecule has 1 rings (SSSR count). The molecule has 16 heavy (non-hydrogen) atoms. The van der Waals surface area contributed by atoms with Gasteiger partial charge in [-0.15, -0.1) is 0 Å². The highest BCUT2D eigenvalue weighted by Crippen LogP contribution is 2.35. The van der Waals surface area contributed by atoms with Crippen molar-refractivity contribution in [2.75, 3.05) is 26.3 Å². The van der Waals surface area contributed by atoms with E-state index in [1.165, 1.54) is 0 Å². The molecule has 1 aliphatic heterocycles. The minimum absolute atomic E-state index is 0.315. The second-order valence-electron chi connectivity index (χ2n) is 4.76. The maximum absolute atomic E-state index is 12.1. The minimum atomic E-state index is -0.681. The molecule has 0 bridgehead atoms. The lowest BCUT2D eigenvalue weighted by Gasteiger charge is -2.39. The number of alkyl halides is 1. The highest BCUT2D eigenvalue weighted by atomic mass is 19.1. The van der Waals surface area contributed by atoms with Crippen LogP contribution in [-0.2, 0) is 4.79 Å². The summed E-state index contributed by atoms with van der Waals surface area (Å²) < 4.78 is 12.1. The molecule has 0 aliphatic carbocycles. The molecule has 0 aromatic rings. The first-order valence-corrected chi connectivity index (χ1v) is 6.16. The Balaban J connectivity index is 2.60. The largest absolute Gasteiger partial charge is 0.481 e. The van der Waals surface area contributed by atoms with Crippen LogP contribution in [0.15, 0.2) is 0 Å². The number of carboxylic acids is 1. The lowest BCUT2D eigenvalue weighted by Crippen LogP contribution is -2.48. The Morgan fingerprint density at radius 3 is 2.88 bits per heavy atom. The third-order valence-electron chi connectivity index (χ3n) is 3.45.